The maximum absolute atomic E-state index is 12.0. The van der Waals surface area contributed by atoms with Crippen LogP contribution in [0.15, 0.2) is 47.6 Å². The number of nitrogens with one attached hydrogen (secondary N) is 1. The van der Waals surface area contributed by atoms with Crippen molar-refractivity contribution in [1.29, 1.82) is 0 Å². The first-order chi connectivity index (χ1) is 11.0. The minimum absolute atomic E-state index is 0.347. The maximum Gasteiger partial charge on any atom is 0.280 e. The molecule has 2 rings (SSSR count). The number of carbonyl (C=O) groups is 1. The molecule has 0 aliphatic heterocycles. The van der Waals surface area contributed by atoms with Crippen molar-refractivity contribution in [3.05, 3.63) is 61.6 Å². The van der Waals surface area contributed by atoms with Crippen LogP contribution in [0.5, 0.6) is 5.75 Å². The summed E-state index contributed by atoms with van der Waals surface area (Å²) in [6.45, 7) is 1.61. The molecule has 0 aromatic heterocycles. The molecule has 0 aliphatic carbocycles. The van der Waals surface area contributed by atoms with E-state index in [0.29, 0.717) is 15.8 Å². The molecule has 2 aromatic rings. The van der Waals surface area contributed by atoms with Crippen LogP contribution < -0.4 is 10.2 Å². The predicted molar refractivity (Wildman–Crippen MR) is 101 cm³/mol. The standard InChI is InChI=1S/C16H13Cl2IN2O2/c1-10(23-15-7-6-12(17)8-13(15)18)16(22)21-20-9-11-4-2-3-5-14(11)19/h2-10H,1H3,(H,21,22)/b20-9+. The first kappa shape index (κ1) is 18.0. The Balaban J connectivity index is 1.94. The number of hydrazone groups is 1. The monoisotopic (exact) mass is 462 g/mol. The lowest BCUT2D eigenvalue weighted by molar-refractivity contribution is -0.127. The van der Waals surface area contributed by atoms with Gasteiger partial charge in [-0.25, -0.2) is 5.43 Å². The first-order valence-electron chi connectivity index (χ1n) is 6.66. The van der Waals surface area contributed by atoms with E-state index in [1.54, 1.807) is 31.3 Å². The Morgan fingerprint density at radius 1 is 1.30 bits per heavy atom. The molecule has 23 heavy (non-hydrogen) atoms. The van der Waals surface area contributed by atoms with E-state index in [1.165, 1.54) is 0 Å². The van der Waals surface area contributed by atoms with Crippen LogP contribution in [0.25, 0.3) is 0 Å². The zero-order valence-corrected chi connectivity index (χ0v) is 15.8. The van der Waals surface area contributed by atoms with E-state index in [9.17, 15) is 4.79 Å². The Bertz CT molecular complexity index is 738. The summed E-state index contributed by atoms with van der Waals surface area (Å²) < 4.78 is 6.55. The van der Waals surface area contributed by atoms with Crippen molar-refractivity contribution in [3.63, 3.8) is 0 Å². The van der Waals surface area contributed by atoms with E-state index >= 15 is 0 Å². The molecule has 1 N–H and O–H groups in total. The van der Waals surface area contributed by atoms with Crippen LogP contribution >= 0.6 is 45.8 Å². The van der Waals surface area contributed by atoms with Gasteiger partial charge in [0.15, 0.2) is 6.10 Å². The molecule has 1 atom stereocenters. The molecule has 120 valence electrons. The van der Waals surface area contributed by atoms with Gasteiger partial charge in [0.05, 0.1) is 11.2 Å². The zero-order valence-electron chi connectivity index (χ0n) is 12.1. The summed E-state index contributed by atoms with van der Waals surface area (Å²) in [6, 6.07) is 12.5. The first-order valence-corrected chi connectivity index (χ1v) is 8.50. The van der Waals surface area contributed by atoms with Crippen LogP contribution in [0.1, 0.15) is 12.5 Å². The molecule has 7 heteroatoms. The van der Waals surface area contributed by atoms with E-state index in [2.05, 4.69) is 33.1 Å². The van der Waals surface area contributed by atoms with Crippen LogP contribution in [0.3, 0.4) is 0 Å². The number of ether oxygens (including phenoxy) is 1. The summed E-state index contributed by atoms with van der Waals surface area (Å²) in [5, 5.41) is 4.79. The Morgan fingerprint density at radius 3 is 2.74 bits per heavy atom. The molecule has 0 radical (unpaired) electrons. The molecule has 0 aliphatic rings. The number of hydrogen-bond acceptors (Lipinski definition) is 3. The van der Waals surface area contributed by atoms with Gasteiger partial charge in [-0.05, 0) is 53.8 Å². The third kappa shape index (κ3) is 5.37. The third-order valence-corrected chi connectivity index (χ3v) is 4.36. The van der Waals surface area contributed by atoms with E-state index in [0.717, 1.165) is 9.13 Å². The largest absolute Gasteiger partial charge is 0.479 e. The number of amides is 1. The zero-order chi connectivity index (χ0) is 16.8. The molecule has 0 heterocycles. The topological polar surface area (TPSA) is 50.7 Å². The highest BCUT2D eigenvalue weighted by molar-refractivity contribution is 14.1. The van der Waals surface area contributed by atoms with Crippen molar-refractivity contribution in [2.24, 2.45) is 5.10 Å². The number of hydrogen-bond donors (Lipinski definition) is 1. The van der Waals surface area contributed by atoms with Gasteiger partial charge in [0, 0.05) is 14.2 Å². The highest BCUT2D eigenvalue weighted by Crippen LogP contribution is 2.28. The molecular formula is C16H13Cl2IN2O2. The van der Waals surface area contributed by atoms with Gasteiger partial charge in [0.1, 0.15) is 5.75 Å². The van der Waals surface area contributed by atoms with Crippen LogP contribution in [0.4, 0.5) is 0 Å². The lowest BCUT2D eigenvalue weighted by Crippen LogP contribution is -2.33. The van der Waals surface area contributed by atoms with Crippen molar-refractivity contribution in [3.8, 4) is 5.75 Å². The second-order valence-corrected chi connectivity index (χ2v) is 6.60. The third-order valence-electron chi connectivity index (χ3n) is 2.85. The van der Waals surface area contributed by atoms with Crippen LogP contribution in [-0.2, 0) is 4.79 Å². The second-order valence-electron chi connectivity index (χ2n) is 4.59. The van der Waals surface area contributed by atoms with Crippen molar-refractivity contribution >= 4 is 57.9 Å². The molecule has 0 bridgehead atoms. The van der Waals surface area contributed by atoms with Gasteiger partial charge >= 0.3 is 0 Å². The van der Waals surface area contributed by atoms with Gasteiger partial charge in [-0.3, -0.25) is 4.79 Å². The van der Waals surface area contributed by atoms with Gasteiger partial charge in [-0.15, -0.1) is 0 Å². The Morgan fingerprint density at radius 2 is 2.04 bits per heavy atom. The summed E-state index contributed by atoms with van der Waals surface area (Å²) in [5.74, 6) is 0.0125. The minimum Gasteiger partial charge on any atom is -0.479 e. The molecule has 0 saturated heterocycles. The summed E-state index contributed by atoms with van der Waals surface area (Å²) in [7, 11) is 0. The van der Waals surface area contributed by atoms with Crippen LogP contribution in [-0.4, -0.2) is 18.2 Å². The lowest BCUT2D eigenvalue weighted by Gasteiger charge is -2.14. The van der Waals surface area contributed by atoms with Gasteiger partial charge in [-0.1, -0.05) is 41.4 Å². The van der Waals surface area contributed by atoms with E-state index in [1.807, 2.05) is 24.3 Å². The van der Waals surface area contributed by atoms with Crippen LogP contribution in [0.2, 0.25) is 10.0 Å². The van der Waals surface area contributed by atoms with Crippen LogP contribution in [0, 0.1) is 3.57 Å². The fourth-order valence-corrected chi connectivity index (χ4v) is 2.63. The fourth-order valence-electron chi connectivity index (χ4n) is 1.65. The van der Waals surface area contributed by atoms with Gasteiger partial charge in [-0.2, -0.15) is 5.10 Å². The van der Waals surface area contributed by atoms with Gasteiger partial charge in [0.25, 0.3) is 5.91 Å². The number of rotatable bonds is 5. The molecule has 2 aromatic carbocycles. The average Bonchev–Trinajstić information content (AvgIpc) is 2.51. The Labute approximate surface area is 158 Å². The smallest absolute Gasteiger partial charge is 0.280 e. The van der Waals surface area contributed by atoms with Crippen molar-refractivity contribution < 1.29 is 9.53 Å². The number of benzene rings is 2. The Hall–Kier alpha value is -1.31. The lowest BCUT2D eigenvalue weighted by atomic mass is 10.2. The molecule has 1 amide bonds. The molecule has 1 unspecified atom stereocenters. The Kier molecular flexibility index (Phi) is 6.68. The predicted octanol–water partition coefficient (Wildman–Crippen LogP) is 4.52. The minimum atomic E-state index is -0.749. The SMILES string of the molecule is CC(Oc1ccc(Cl)cc1Cl)C(=O)N/N=C/c1ccccc1I. The molecular weight excluding hydrogens is 450 g/mol. The van der Waals surface area contributed by atoms with Crippen molar-refractivity contribution in [1.82, 2.24) is 5.43 Å². The van der Waals surface area contributed by atoms with Gasteiger partial charge in [0.2, 0.25) is 0 Å². The van der Waals surface area contributed by atoms with Crippen molar-refractivity contribution in [2.75, 3.05) is 0 Å². The second kappa shape index (κ2) is 8.52. The number of nitrogens with zero attached hydrogens (tertiary/aromatic N) is 1. The normalized spacial score (nSPS) is 12.2. The quantitative estimate of drug-likeness (QED) is 0.403. The highest BCUT2D eigenvalue weighted by atomic mass is 127. The molecule has 0 fully saturated rings. The number of carbonyl (C=O) groups excluding carboxylic acids is 1. The number of halogens is 3. The summed E-state index contributed by atoms with van der Waals surface area (Å²) in [6.07, 6.45) is 0.836. The van der Waals surface area contributed by atoms with Crippen molar-refractivity contribution in [2.45, 2.75) is 13.0 Å². The van der Waals surface area contributed by atoms with E-state index in [4.69, 9.17) is 27.9 Å². The molecule has 0 saturated carbocycles. The average molecular weight is 463 g/mol. The van der Waals surface area contributed by atoms with E-state index in [-0.39, 0.29) is 5.91 Å². The van der Waals surface area contributed by atoms with Gasteiger partial charge < -0.3 is 4.74 Å². The highest BCUT2D eigenvalue weighted by Gasteiger charge is 2.15. The summed E-state index contributed by atoms with van der Waals surface area (Å²) >= 11 is 14.0. The maximum atomic E-state index is 12.0. The molecule has 4 nitrogen and oxygen atoms in total. The fraction of sp³-hybridized carbons (Fsp3) is 0.125. The molecule has 0 spiro atoms. The summed E-state index contributed by atoms with van der Waals surface area (Å²) in [4.78, 5) is 12.0. The summed E-state index contributed by atoms with van der Waals surface area (Å²) in [5.41, 5.74) is 3.36. The van der Waals surface area contributed by atoms with E-state index < -0.39 is 6.10 Å².